The highest BCUT2D eigenvalue weighted by atomic mass is 15.0. The molecule has 33 heavy (non-hydrogen) atoms. The lowest BCUT2D eigenvalue weighted by molar-refractivity contribution is 1.19. The maximum Gasteiger partial charge on any atom is 0.196 e. The summed E-state index contributed by atoms with van der Waals surface area (Å²) in [5, 5.41) is 4.85. The van der Waals surface area contributed by atoms with E-state index in [1.54, 1.807) is 6.07 Å². The molecule has 1 aromatic heterocycles. The number of hydrogen-bond donors (Lipinski definition) is 0. The van der Waals surface area contributed by atoms with Crippen molar-refractivity contribution in [3.63, 3.8) is 0 Å². The van der Waals surface area contributed by atoms with Crippen LogP contribution in [0.2, 0.25) is 0 Å². The Morgan fingerprint density at radius 2 is 1.24 bits per heavy atom. The first-order valence-corrected chi connectivity index (χ1v) is 10.8. The van der Waals surface area contributed by atoms with Gasteiger partial charge in [-0.05, 0) is 45.8 Å². The first kappa shape index (κ1) is 17.8. The summed E-state index contributed by atoms with van der Waals surface area (Å²) in [7, 11) is 0. The first-order valence-electron chi connectivity index (χ1n) is 10.8. The molecule has 3 heteroatoms. The Balaban J connectivity index is 1.71. The molecule has 6 aromatic rings. The highest BCUT2D eigenvalue weighted by Crippen LogP contribution is 2.51. The van der Waals surface area contributed by atoms with Gasteiger partial charge in [-0.2, -0.15) is 0 Å². The van der Waals surface area contributed by atoms with E-state index >= 15 is 0 Å². The lowest BCUT2D eigenvalue weighted by Gasteiger charge is -2.12. The molecule has 0 atom stereocenters. The van der Waals surface area contributed by atoms with E-state index in [1.807, 2.05) is 12.1 Å². The minimum atomic E-state index is 0.381. The standard InChI is InChI=1S/C30H15N3/c1-31-26-15-14-18(16-27(26)32-2)33-28-13-6-5-10-21(28)25-17-24-20-9-4-3-8-19(20)22-11-7-12-23(29(22)24)30(25)33/h3-17H. The van der Waals surface area contributed by atoms with E-state index in [4.69, 9.17) is 13.1 Å². The van der Waals surface area contributed by atoms with Gasteiger partial charge in [-0.15, -0.1) is 0 Å². The van der Waals surface area contributed by atoms with E-state index in [0.717, 1.165) is 16.7 Å². The zero-order valence-corrected chi connectivity index (χ0v) is 17.5. The van der Waals surface area contributed by atoms with Crippen LogP contribution in [0, 0.1) is 13.1 Å². The minimum Gasteiger partial charge on any atom is -0.310 e. The third-order valence-corrected chi connectivity index (χ3v) is 6.76. The van der Waals surface area contributed by atoms with Crippen molar-refractivity contribution in [1.29, 1.82) is 0 Å². The fourth-order valence-corrected chi connectivity index (χ4v) is 5.43. The van der Waals surface area contributed by atoms with Crippen LogP contribution in [0.5, 0.6) is 0 Å². The molecular formula is C30H15N3. The Morgan fingerprint density at radius 3 is 2.06 bits per heavy atom. The Hall–Kier alpha value is -4.86. The van der Waals surface area contributed by atoms with Gasteiger partial charge in [0.25, 0.3) is 0 Å². The van der Waals surface area contributed by atoms with Crippen molar-refractivity contribution in [2.45, 2.75) is 0 Å². The van der Waals surface area contributed by atoms with Crippen LogP contribution in [-0.4, -0.2) is 4.57 Å². The molecule has 0 fully saturated rings. The van der Waals surface area contributed by atoms with Crippen molar-refractivity contribution in [3.05, 3.63) is 114 Å². The monoisotopic (exact) mass is 417 g/mol. The van der Waals surface area contributed by atoms with Gasteiger partial charge in [0.1, 0.15) is 0 Å². The van der Waals surface area contributed by atoms with Gasteiger partial charge in [-0.1, -0.05) is 72.8 Å². The summed E-state index contributed by atoms with van der Waals surface area (Å²) in [5.41, 5.74) is 8.99. The van der Waals surface area contributed by atoms with E-state index < -0.39 is 0 Å². The van der Waals surface area contributed by atoms with Crippen LogP contribution in [0.15, 0.2) is 91.0 Å². The van der Waals surface area contributed by atoms with Crippen molar-refractivity contribution >= 4 is 44.0 Å². The maximum absolute atomic E-state index is 7.58. The topological polar surface area (TPSA) is 13.6 Å². The van der Waals surface area contributed by atoms with Crippen molar-refractivity contribution in [2.24, 2.45) is 0 Å². The lowest BCUT2D eigenvalue weighted by atomic mass is 9.99. The van der Waals surface area contributed by atoms with E-state index in [-0.39, 0.29) is 0 Å². The van der Waals surface area contributed by atoms with Crippen LogP contribution in [0.1, 0.15) is 0 Å². The maximum atomic E-state index is 7.58. The van der Waals surface area contributed by atoms with Crippen LogP contribution >= 0.6 is 0 Å². The second-order valence-electron chi connectivity index (χ2n) is 8.34. The number of hydrogen-bond acceptors (Lipinski definition) is 0. The van der Waals surface area contributed by atoms with E-state index in [0.29, 0.717) is 11.4 Å². The zero-order chi connectivity index (χ0) is 22.1. The van der Waals surface area contributed by atoms with E-state index in [2.05, 4.69) is 87.1 Å². The van der Waals surface area contributed by atoms with Gasteiger partial charge in [0, 0.05) is 21.8 Å². The molecule has 1 heterocycles. The number of benzene rings is 5. The molecule has 7 rings (SSSR count). The third kappa shape index (κ3) is 2.21. The summed E-state index contributed by atoms with van der Waals surface area (Å²) < 4.78 is 2.25. The van der Waals surface area contributed by atoms with Crippen LogP contribution < -0.4 is 0 Å². The molecule has 0 bridgehead atoms. The van der Waals surface area contributed by atoms with Gasteiger partial charge in [-0.25, -0.2) is 0 Å². The number of fused-ring (bicyclic) bond motifs is 7. The van der Waals surface area contributed by atoms with Crippen molar-refractivity contribution in [1.82, 2.24) is 4.57 Å². The summed E-state index contributed by atoms with van der Waals surface area (Å²) in [6, 6.07) is 31.5. The highest BCUT2D eigenvalue weighted by molar-refractivity contribution is 6.27. The molecule has 0 saturated heterocycles. The Kier molecular flexibility index (Phi) is 3.41. The van der Waals surface area contributed by atoms with Gasteiger partial charge in [0.05, 0.1) is 24.2 Å². The van der Waals surface area contributed by atoms with Gasteiger partial charge in [-0.3, -0.25) is 9.69 Å². The summed E-state index contributed by atoms with van der Waals surface area (Å²) in [6.45, 7) is 15.0. The van der Waals surface area contributed by atoms with Gasteiger partial charge >= 0.3 is 0 Å². The molecule has 3 nitrogen and oxygen atoms in total. The van der Waals surface area contributed by atoms with Gasteiger partial charge in [0.15, 0.2) is 11.4 Å². The molecule has 0 saturated carbocycles. The number of rotatable bonds is 1. The summed E-state index contributed by atoms with van der Waals surface area (Å²) in [6.07, 6.45) is 0. The fraction of sp³-hybridized carbons (Fsp3) is 0. The van der Waals surface area contributed by atoms with Crippen LogP contribution in [0.3, 0.4) is 0 Å². The van der Waals surface area contributed by atoms with Gasteiger partial charge in [0.2, 0.25) is 0 Å². The first-order chi connectivity index (χ1) is 16.3. The minimum absolute atomic E-state index is 0.381. The predicted molar refractivity (Wildman–Crippen MR) is 135 cm³/mol. The molecule has 1 aliphatic rings. The summed E-state index contributed by atoms with van der Waals surface area (Å²) >= 11 is 0. The fourth-order valence-electron chi connectivity index (χ4n) is 5.43. The molecule has 0 radical (unpaired) electrons. The Bertz CT molecular complexity index is 1890. The molecular weight excluding hydrogens is 402 g/mol. The molecule has 0 N–H and O–H groups in total. The molecule has 150 valence electrons. The normalized spacial score (nSPS) is 11.6. The van der Waals surface area contributed by atoms with Crippen molar-refractivity contribution in [2.75, 3.05) is 0 Å². The Morgan fingerprint density at radius 1 is 0.545 bits per heavy atom. The second kappa shape index (κ2) is 6.33. The SMILES string of the molecule is [C-]#[N+]c1ccc(-n2c3ccccc3c3cc4c5c(cccc5c32)-c2ccccc2-4)cc1[N+]#[C-]. The molecule has 1 aliphatic carbocycles. The summed E-state index contributed by atoms with van der Waals surface area (Å²) in [4.78, 5) is 7.14. The lowest BCUT2D eigenvalue weighted by Crippen LogP contribution is -1.94. The molecule has 0 unspecified atom stereocenters. The number of aromatic nitrogens is 1. The number of nitrogens with zero attached hydrogens (tertiary/aromatic N) is 3. The largest absolute Gasteiger partial charge is 0.310 e. The Labute approximate surface area is 190 Å². The smallest absolute Gasteiger partial charge is 0.196 e. The average molecular weight is 417 g/mol. The van der Waals surface area contributed by atoms with E-state index in [9.17, 15) is 0 Å². The molecule has 0 amide bonds. The average Bonchev–Trinajstić information content (AvgIpc) is 3.38. The quantitative estimate of drug-likeness (QED) is 0.237. The number of para-hydroxylation sites is 1. The molecule has 5 aromatic carbocycles. The van der Waals surface area contributed by atoms with Gasteiger partial charge < -0.3 is 4.57 Å². The summed E-state index contributed by atoms with van der Waals surface area (Å²) in [5.74, 6) is 0. The molecule has 0 spiro atoms. The predicted octanol–water partition coefficient (Wildman–Crippen LogP) is 8.69. The molecule has 0 aliphatic heterocycles. The van der Waals surface area contributed by atoms with E-state index in [1.165, 1.54) is 43.8 Å². The zero-order valence-electron chi connectivity index (χ0n) is 17.5. The van der Waals surface area contributed by atoms with Crippen LogP contribution in [0.25, 0.3) is 70.2 Å². The van der Waals surface area contributed by atoms with Crippen LogP contribution in [0.4, 0.5) is 11.4 Å². The highest BCUT2D eigenvalue weighted by Gasteiger charge is 2.25. The van der Waals surface area contributed by atoms with Crippen molar-refractivity contribution in [3.8, 4) is 27.9 Å². The van der Waals surface area contributed by atoms with Crippen molar-refractivity contribution < 1.29 is 0 Å². The van der Waals surface area contributed by atoms with Crippen LogP contribution in [-0.2, 0) is 0 Å². The third-order valence-electron chi connectivity index (χ3n) is 6.76. The second-order valence-corrected chi connectivity index (χ2v) is 8.34.